The lowest BCUT2D eigenvalue weighted by Gasteiger charge is -2.21. The van der Waals surface area contributed by atoms with E-state index in [1.54, 1.807) is 60.7 Å². The van der Waals surface area contributed by atoms with Gasteiger partial charge in [-0.15, -0.1) is 0 Å². The van der Waals surface area contributed by atoms with E-state index in [2.05, 4.69) is 0 Å². The molecule has 0 aliphatic carbocycles. The molecule has 0 atom stereocenters. The first kappa shape index (κ1) is 13.5. The second kappa shape index (κ2) is 5.16. The minimum atomic E-state index is -4.49. The molecule has 108 valence electrons. The second-order valence-electron chi connectivity index (χ2n) is 4.58. The van der Waals surface area contributed by atoms with Gasteiger partial charge in [0.2, 0.25) is 0 Å². The number of halogens is 3. The molecule has 2 aromatic carbocycles. The molecule has 0 amide bonds. The van der Waals surface area contributed by atoms with Crippen molar-refractivity contribution in [1.29, 1.82) is 0 Å². The fraction of sp³-hybridized carbons (Fsp3) is 0.125. The van der Waals surface area contributed by atoms with Gasteiger partial charge < -0.3 is 9.64 Å². The van der Waals surface area contributed by atoms with Crippen LogP contribution in [-0.4, -0.2) is 12.9 Å². The third kappa shape index (κ3) is 2.59. The maximum Gasteiger partial charge on any atom is 0.435 e. The third-order valence-electron chi connectivity index (χ3n) is 3.20. The highest BCUT2D eigenvalue weighted by atomic mass is 19.4. The van der Waals surface area contributed by atoms with Gasteiger partial charge in [-0.2, -0.15) is 13.2 Å². The molecule has 0 spiro atoms. The van der Waals surface area contributed by atoms with Gasteiger partial charge in [-0.05, 0) is 12.1 Å². The molecule has 1 aliphatic heterocycles. The number of alkyl halides is 3. The van der Waals surface area contributed by atoms with Crippen LogP contribution in [0, 0.1) is 0 Å². The van der Waals surface area contributed by atoms with Crippen molar-refractivity contribution in [2.45, 2.75) is 6.18 Å². The number of anilines is 1. The Bertz CT molecular complexity index is 650. The van der Waals surface area contributed by atoms with Gasteiger partial charge in [-0.1, -0.05) is 48.5 Å². The van der Waals surface area contributed by atoms with Gasteiger partial charge in [-0.25, -0.2) is 0 Å². The van der Waals surface area contributed by atoms with Crippen LogP contribution < -0.4 is 4.90 Å². The first-order valence-corrected chi connectivity index (χ1v) is 6.39. The Labute approximate surface area is 120 Å². The van der Waals surface area contributed by atoms with Gasteiger partial charge in [-0.3, -0.25) is 0 Å². The largest absolute Gasteiger partial charge is 0.470 e. The van der Waals surface area contributed by atoms with E-state index in [1.165, 1.54) is 0 Å². The quantitative estimate of drug-likeness (QED) is 0.812. The summed E-state index contributed by atoms with van der Waals surface area (Å²) in [5, 5.41) is 0. The fourth-order valence-electron chi connectivity index (χ4n) is 2.29. The fourth-order valence-corrected chi connectivity index (χ4v) is 2.29. The Kier molecular flexibility index (Phi) is 3.33. The van der Waals surface area contributed by atoms with Gasteiger partial charge >= 0.3 is 6.18 Å². The lowest BCUT2D eigenvalue weighted by Crippen LogP contribution is -2.29. The topological polar surface area (TPSA) is 12.5 Å². The summed E-state index contributed by atoms with van der Waals surface area (Å²) >= 11 is 0. The zero-order valence-corrected chi connectivity index (χ0v) is 11.0. The summed E-state index contributed by atoms with van der Waals surface area (Å²) in [4.78, 5) is 1.14. The number of para-hydroxylation sites is 1. The normalized spacial score (nSPS) is 15.3. The van der Waals surface area contributed by atoms with Crippen LogP contribution in [-0.2, 0) is 4.74 Å². The molecular formula is C16H12F3NO. The SMILES string of the molecule is FC(F)(F)C1=C(c2ccccc2)OCN1c1ccccc1. The van der Waals surface area contributed by atoms with Gasteiger partial charge in [0.15, 0.2) is 18.2 Å². The lowest BCUT2D eigenvalue weighted by atomic mass is 10.1. The van der Waals surface area contributed by atoms with E-state index < -0.39 is 11.9 Å². The first-order valence-electron chi connectivity index (χ1n) is 6.39. The molecule has 0 saturated carbocycles. The summed E-state index contributed by atoms with van der Waals surface area (Å²) in [6.45, 7) is -0.150. The van der Waals surface area contributed by atoms with Gasteiger partial charge in [0, 0.05) is 11.3 Å². The smallest absolute Gasteiger partial charge is 0.435 e. The first-order chi connectivity index (χ1) is 10.1. The Hall–Kier alpha value is -2.43. The van der Waals surface area contributed by atoms with Crippen molar-refractivity contribution in [3.05, 3.63) is 71.9 Å². The van der Waals surface area contributed by atoms with E-state index in [9.17, 15) is 13.2 Å². The summed E-state index contributed by atoms with van der Waals surface area (Å²) in [6.07, 6.45) is -4.49. The molecule has 2 aromatic rings. The van der Waals surface area contributed by atoms with E-state index in [4.69, 9.17) is 4.74 Å². The van der Waals surface area contributed by atoms with E-state index in [0.29, 0.717) is 11.3 Å². The molecule has 0 fully saturated rings. The summed E-state index contributed by atoms with van der Waals surface area (Å²) in [6, 6.07) is 16.7. The highest BCUT2D eigenvalue weighted by molar-refractivity contribution is 5.72. The van der Waals surface area contributed by atoms with Crippen molar-refractivity contribution >= 4 is 11.4 Å². The van der Waals surface area contributed by atoms with Gasteiger partial charge in [0.1, 0.15) is 0 Å². The molecule has 2 nitrogen and oxygen atoms in total. The molecule has 0 bridgehead atoms. The average molecular weight is 291 g/mol. The van der Waals surface area contributed by atoms with Gasteiger partial charge in [0.25, 0.3) is 0 Å². The van der Waals surface area contributed by atoms with Crippen LogP contribution in [0.5, 0.6) is 0 Å². The number of nitrogens with zero attached hydrogens (tertiary/aromatic N) is 1. The average Bonchev–Trinajstić information content (AvgIpc) is 2.94. The van der Waals surface area contributed by atoms with Crippen molar-refractivity contribution in [2.75, 3.05) is 11.6 Å². The Morgan fingerprint density at radius 3 is 2.00 bits per heavy atom. The van der Waals surface area contributed by atoms with Gasteiger partial charge in [0.05, 0.1) is 0 Å². The molecule has 1 heterocycles. The van der Waals surface area contributed by atoms with E-state index in [1.807, 2.05) is 0 Å². The summed E-state index contributed by atoms with van der Waals surface area (Å²) in [5.74, 6) is -0.132. The predicted octanol–water partition coefficient (Wildman–Crippen LogP) is 4.41. The van der Waals surface area contributed by atoms with Crippen molar-refractivity contribution in [3.63, 3.8) is 0 Å². The standard InChI is InChI=1S/C16H12F3NO/c17-16(18,19)15-14(12-7-3-1-4-8-12)21-11-20(15)13-9-5-2-6-10-13/h1-10H,11H2. The number of hydrogen-bond donors (Lipinski definition) is 0. The number of allylic oxidation sites excluding steroid dienone is 1. The Morgan fingerprint density at radius 2 is 1.43 bits per heavy atom. The predicted molar refractivity (Wildman–Crippen MR) is 74.3 cm³/mol. The number of ether oxygens (including phenoxy) is 1. The molecule has 0 N–H and O–H groups in total. The van der Waals surface area contributed by atoms with E-state index >= 15 is 0 Å². The monoisotopic (exact) mass is 291 g/mol. The highest BCUT2D eigenvalue weighted by Gasteiger charge is 2.45. The molecule has 1 aliphatic rings. The second-order valence-corrected chi connectivity index (χ2v) is 4.58. The third-order valence-corrected chi connectivity index (χ3v) is 3.20. The number of benzene rings is 2. The minimum absolute atomic E-state index is 0.132. The van der Waals surface area contributed by atoms with Crippen LogP contribution in [0.25, 0.3) is 5.76 Å². The summed E-state index contributed by atoms with van der Waals surface area (Å²) in [7, 11) is 0. The van der Waals surface area contributed by atoms with E-state index in [0.717, 1.165) is 4.90 Å². The molecule has 5 heteroatoms. The van der Waals surface area contributed by atoms with E-state index in [-0.39, 0.29) is 12.5 Å². The number of rotatable bonds is 2. The molecule has 0 radical (unpaired) electrons. The molecule has 0 aromatic heterocycles. The van der Waals surface area contributed by atoms with Crippen LogP contribution >= 0.6 is 0 Å². The highest BCUT2D eigenvalue weighted by Crippen LogP contribution is 2.41. The Balaban J connectivity index is 2.11. The zero-order chi connectivity index (χ0) is 14.9. The lowest BCUT2D eigenvalue weighted by molar-refractivity contribution is -0.0919. The number of hydrogen-bond acceptors (Lipinski definition) is 2. The molecule has 3 rings (SSSR count). The zero-order valence-electron chi connectivity index (χ0n) is 11.0. The van der Waals surface area contributed by atoms with Crippen LogP contribution in [0.15, 0.2) is 66.4 Å². The maximum absolute atomic E-state index is 13.5. The van der Waals surface area contributed by atoms with Crippen LogP contribution in [0.2, 0.25) is 0 Å². The molecule has 0 saturated heterocycles. The van der Waals surface area contributed by atoms with Crippen LogP contribution in [0.1, 0.15) is 5.56 Å². The Morgan fingerprint density at radius 1 is 0.857 bits per heavy atom. The van der Waals surface area contributed by atoms with Crippen molar-refractivity contribution in [1.82, 2.24) is 0 Å². The van der Waals surface area contributed by atoms with Crippen molar-refractivity contribution in [3.8, 4) is 0 Å². The molecule has 21 heavy (non-hydrogen) atoms. The van der Waals surface area contributed by atoms with Crippen molar-refractivity contribution < 1.29 is 17.9 Å². The summed E-state index contributed by atoms with van der Waals surface area (Å²) < 4.78 is 45.7. The van der Waals surface area contributed by atoms with Crippen LogP contribution in [0.3, 0.4) is 0 Å². The van der Waals surface area contributed by atoms with Crippen LogP contribution in [0.4, 0.5) is 18.9 Å². The molecular weight excluding hydrogens is 279 g/mol. The molecule has 0 unspecified atom stereocenters. The minimum Gasteiger partial charge on any atom is -0.470 e. The maximum atomic E-state index is 13.5. The summed E-state index contributed by atoms with van der Waals surface area (Å²) in [5.41, 5.74) is 0.110. The van der Waals surface area contributed by atoms with Crippen molar-refractivity contribution in [2.24, 2.45) is 0 Å².